The Morgan fingerprint density at radius 1 is 1.03 bits per heavy atom. The summed E-state index contributed by atoms with van der Waals surface area (Å²) in [6.07, 6.45) is 8.71. The molecule has 5 nitrogen and oxygen atoms in total. The zero-order valence-electron chi connectivity index (χ0n) is 18.2. The van der Waals surface area contributed by atoms with E-state index in [-0.39, 0.29) is 24.9 Å². The first-order chi connectivity index (χ1) is 15.6. The summed E-state index contributed by atoms with van der Waals surface area (Å²) in [4.78, 5) is 36.2. The van der Waals surface area contributed by atoms with Gasteiger partial charge in [0.1, 0.15) is 18.1 Å². The molecule has 0 N–H and O–H groups in total. The summed E-state index contributed by atoms with van der Waals surface area (Å²) in [5, 5.41) is 1.51. The molecule has 1 aliphatic carbocycles. The average Bonchev–Trinajstić information content (AvgIpc) is 2.93. The molecule has 32 heavy (non-hydrogen) atoms. The van der Waals surface area contributed by atoms with Gasteiger partial charge in [0.2, 0.25) is 11.8 Å². The van der Waals surface area contributed by atoms with Crippen molar-refractivity contribution in [1.29, 1.82) is 0 Å². The van der Waals surface area contributed by atoms with E-state index in [1.807, 2.05) is 29.2 Å². The van der Waals surface area contributed by atoms with Crippen molar-refractivity contribution in [3.8, 4) is 0 Å². The van der Waals surface area contributed by atoms with Crippen LogP contribution in [0.5, 0.6) is 0 Å². The van der Waals surface area contributed by atoms with Crippen LogP contribution in [0.2, 0.25) is 5.02 Å². The molecule has 0 atom stereocenters. The van der Waals surface area contributed by atoms with Crippen LogP contribution in [0.4, 0.5) is 5.00 Å². The van der Waals surface area contributed by atoms with E-state index in [1.54, 1.807) is 16.2 Å². The normalized spacial score (nSPS) is 19.0. The Morgan fingerprint density at radius 2 is 1.78 bits per heavy atom. The standard InChI is InChI=1S/C25H28ClN3O2S/c26-19-11-5-3-9-17(19)24-23-18-10-4-6-12-20(18)32-25(23)29(21(30)15-27-24)16-22(31)28-13-7-1-2-8-14-28/h3,5,9,11H,1-2,4,6-8,10,12-16H2. The number of hydrogen-bond donors (Lipinski definition) is 0. The summed E-state index contributed by atoms with van der Waals surface area (Å²) in [6.45, 7) is 1.70. The molecular weight excluding hydrogens is 442 g/mol. The quantitative estimate of drug-likeness (QED) is 0.644. The molecule has 2 aliphatic heterocycles. The van der Waals surface area contributed by atoms with Crippen molar-refractivity contribution in [3.05, 3.63) is 50.9 Å². The molecule has 5 rings (SSSR count). The maximum atomic E-state index is 13.3. The molecule has 1 aromatic carbocycles. The van der Waals surface area contributed by atoms with Crippen molar-refractivity contribution >= 4 is 45.5 Å². The molecule has 1 saturated heterocycles. The maximum absolute atomic E-state index is 13.3. The highest BCUT2D eigenvalue weighted by Gasteiger charge is 2.34. The third kappa shape index (κ3) is 4.11. The van der Waals surface area contributed by atoms with Crippen molar-refractivity contribution in [2.45, 2.75) is 51.4 Å². The molecule has 7 heteroatoms. The molecule has 1 fully saturated rings. The topological polar surface area (TPSA) is 53.0 Å². The minimum atomic E-state index is -0.116. The van der Waals surface area contributed by atoms with Crippen LogP contribution in [0.1, 0.15) is 60.1 Å². The molecule has 0 spiro atoms. The second-order valence-electron chi connectivity index (χ2n) is 8.81. The number of aryl methyl sites for hydroxylation is 1. The number of nitrogens with zero attached hydrogens (tertiary/aromatic N) is 3. The largest absolute Gasteiger partial charge is 0.341 e. The second kappa shape index (κ2) is 9.36. The Kier molecular flexibility index (Phi) is 6.33. The second-order valence-corrected chi connectivity index (χ2v) is 10.3. The molecule has 168 valence electrons. The van der Waals surface area contributed by atoms with E-state index >= 15 is 0 Å². The molecular formula is C25H28ClN3O2S. The molecule has 0 radical (unpaired) electrons. The predicted octanol–water partition coefficient (Wildman–Crippen LogP) is 4.87. The molecule has 0 bridgehead atoms. The van der Waals surface area contributed by atoms with Gasteiger partial charge in [-0.25, -0.2) is 0 Å². The van der Waals surface area contributed by atoms with Crippen LogP contribution < -0.4 is 4.90 Å². The zero-order valence-corrected chi connectivity index (χ0v) is 19.8. The third-order valence-electron chi connectivity index (χ3n) is 6.69. The summed E-state index contributed by atoms with van der Waals surface area (Å²) in [7, 11) is 0. The minimum absolute atomic E-state index is 0.0318. The number of aliphatic imine (C=N–C) groups is 1. The number of thiophene rings is 1. The van der Waals surface area contributed by atoms with Crippen molar-refractivity contribution < 1.29 is 9.59 Å². The first-order valence-corrected chi connectivity index (χ1v) is 12.9. The molecule has 3 aliphatic rings. The molecule has 2 amide bonds. The Balaban J connectivity index is 1.56. The van der Waals surface area contributed by atoms with Gasteiger partial charge in [-0.1, -0.05) is 42.6 Å². The maximum Gasteiger partial charge on any atom is 0.249 e. The number of fused-ring (bicyclic) bond motifs is 3. The first kappa shape index (κ1) is 21.7. The van der Waals surface area contributed by atoms with Crippen LogP contribution in [0.3, 0.4) is 0 Å². The fourth-order valence-corrected chi connectivity index (χ4v) is 6.63. The Bertz CT molecular complexity index is 1070. The van der Waals surface area contributed by atoms with Gasteiger partial charge in [0.25, 0.3) is 0 Å². The first-order valence-electron chi connectivity index (χ1n) is 11.7. The predicted molar refractivity (Wildman–Crippen MR) is 130 cm³/mol. The van der Waals surface area contributed by atoms with Gasteiger partial charge >= 0.3 is 0 Å². The van der Waals surface area contributed by atoms with E-state index in [0.29, 0.717) is 5.02 Å². The van der Waals surface area contributed by atoms with E-state index in [0.717, 1.165) is 73.5 Å². The lowest BCUT2D eigenvalue weighted by Gasteiger charge is -2.25. The van der Waals surface area contributed by atoms with Crippen molar-refractivity contribution in [1.82, 2.24) is 4.90 Å². The lowest BCUT2D eigenvalue weighted by atomic mass is 9.91. The van der Waals surface area contributed by atoms with Gasteiger partial charge in [0, 0.05) is 34.1 Å². The van der Waals surface area contributed by atoms with E-state index < -0.39 is 0 Å². The molecule has 2 aromatic rings. The van der Waals surface area contributed by atoms with E-state index in [2.05, 4.69) is 0 Å². The summed E-state index contributed by atoms with van der Waals surface area (Å²) in [5.41, 5.74) is 3.96. The number of amides is 2. The Morgan fingerprint density at radius 3 is 2.56 bits per heavy atom. The minimum Gasteiger partial charge on any atom is -0.341 e. The van der Waals surface area contributed by atoms with Gasteiger partial charge in [-0.15, -0.1) is 11.3 Å². The number of anilines is 1. The van der Waals surface area contributed by atoms with Crippen molar-refractivity contribution in [2.75, 3.05) is 31.1 Å². The number of hydrogen-bond acceptors (Lipinski definition) is 4. The molecule has 0 unspecified atom stereocenters. The van der Waals surface area contributed by atoms with Crippen LogP contribution in [0.25, 0.3) is 0 Å². The van der Waals surface area contributed by atoms with Crippen LogP contribution in [0, 0.1) is 0 Å². The summed E-state index contributed by atoms with van der Waals surface area (Å²) >= 11 is 8.24. The van der Waals surface area contributed by atoms with Crippen LogP contribution in [-0.2, 0) is 22.4 Å². The van der Waals surface area contributed by atoms with Crippen LogP contribution >= 0.6 is 22.9 Å². The summed E-state index contributed by atoms with van der Waals surface area (Å²) < 4.78 is 0. The van der Waals surface area contributed by atoms with E-state index in [4.69, 9.17) is 16.6 Å². The van der Waals surface area contributed by atoms with Gasteiger partial charge in [-0.3, -0.25) is 19.5 Å². The molecule has 0 saturated carbocycles. The van der Waals surface area contributed by atoms with Gasteiger partial charge < -0.3 is 4.90 Å². The highest BCUT2D eigenvalue weighted by atomic mass is 35.5. The number of likely N-dealkylation sites (tertiary alicyclic amines) is 1. The smallest absolute Gasteiger partial charge is 0.249 e. The Labute approximate surface area is 198 Å². The van der Waals surface area contributed by atoms with Crippen LogP contribution in [-0.4, -0.2) is 48.6 Å². The fraction of sp³-hybridized carbons (Fsp3) is 0.480. The number of carbonyl (C=O) groups is 2. The van der Waals surface area contributed by atoms with E-state index in [9.17, 15) is 9.59 Å². The fourth-order valence-electron chi connectivity index (χ4n) is 5.00. The van der Waals surface area contributed by atoms with Gasteiger partial charge in [0.05, 0.1) is 5.71 Å². The molecule has 3 heterocycles. The van der Waals surface area contributed by atoms with Crippen molar-refractivity contribution in [2.24, 2.45) is 4.99 Å². The average molecular weight is 470 g/mol. The highest BCUT2D eigenvalue weighted by molar-refractivity contribution is 7.17. The summed E-state index contributed by atoms with van der Waals surface area (Å²) in [6, 6.07) is 7.70. The number of halogens is 1. The monoisotopic (exact) mass is 469 g/mol. The summed E-state index contributed by atoms with van der Waals surface area (Å²) in [5.74, 6) is -0.0752. The van der Waals surface area contributed by atoms with Gasteiger partial charge in [-0.2, -0.15) is 0 Å². The number of rotatable bonds is 3. The highest BCUT2D eigenvalue weighted by Crippen LogP contribution is 2.43. The van der Waals surface area contributed by atoms with Gasteiger partial charge in [-0.05, 0) is 50.2 Å². The number of benzene rings is 1. The molecule has 1 aromatic heterocycles. The van der Waals surface area contributed by atoms with E-state index in [1.165, 1.54) is 23.3 Å². The lowest BCUT2D eigenvalue weighted by Crippen LogP contribution is -2.43. The third-order valence-corrected chi connectivity index (χ3v) is 8.33. The zero-order chi connectivity index (χ0) is 22.1. The lowest BCUT2D eigenvalue weighted by molar-refractivity contribution is -0.131. The van der Waals surface area contributed by atoms with Crippen molar-refractivity contribution in [3.63, 3.8) is 0 Å². The SMILES string of the molecule is O=C(CN1C(=O)CN=C(c2ccccc2Cl)c2c1sc1c2CCCC1)N1CCCCCC1. The number of carbonyl (C=O) groups excluding carboxylic acids is 2. The van der Waals surface area contributed by atoms with Gasteiger partial charge in [0.15, 0.2) is 0 Å². The van der Waals surface area contributed by atoms with Crippen LogP contribution in [0.15, 0.2) is 29.3 Å². The Hall–Kier alpha value is -2.18.